The quantitative estimate of drug-likeness (QED) is 0.452. The molecular formula is C20H17ClN4O2. The van der Waals surface area contributed by atoms with Crippen molar-refractivity contribution in [1.82, 2.24) is 20.7 Å². The molecule has 136 valence electrons. The van der Waals surface area contributed by atoms with E-state index in [1.165, 1.54) is 6.92 Å². The fraction of sp³-hybridized carbons (Fsp3) is 0.100. The number of carbonyl (C=O) groups is 1. The molecule has 0 saturated carbocycles. The van der Waals surface area contributed by atoms with Crippen molar-refractivity contribution in [3.05, 3.63) is 59.2 Å². The smallest absolute Gasteiger partial charge is 0.249 e. The van der Waals surface area contributed by atoms with Gasteiger partial charge in [-0.1, -0.05) is 29.8 Å². The first-order chi connectivity index (χ1) is 13.0. The molecule has 0 aliphatic carbocycles. The molecule has 0 fully saturated rings. The van der Waals surface area contributed by atoms with Crippen molar-refractivity contribution in [3.63, 3.8) is 0 Å². The highest BCUT2D eigenvalue weighted by Gasteiger charge is 2.17. The zero-order valence-corrected chi connectivity index (χ0v) is 15.5. The number of carbonyl (C=O) groups excluding carboxylic acids is 1. The minimum absolute atomic E-state index is 0.294. The minimum atomic E-state index is -0.294. The predicted molar refractivity (Wildman–Crippen MR) is 106 cm³/mol. The highest BCUT2D eigenvalue weighted by atomic mass is 35.5. The maximum atomic E-state index is 11.2. The Kier molecular flexibility index (Phi) is 4.33. The van der Waals surface area contributed by atoms with Gasteiger partial charge in [0.2, 0.25) is 5.91 Å². The number of hydrogen-bond donors (Lipinski definition) is 3. The van der Waals surface area contributed by atoms with Crippen molar-refractivity contribution >= 4 is 28.4 Å². The van der Waals surface area contributed by atoms with Crippen LogP contribution in [-0.2, 0) is 4.79 Å². The van der Waals surface area contributed by atoms with Gasteiger partial charge in [-0.3, -0.25) is 9.89 Å². The van der Waals surface area contributed by atoms with Crippen LogP contribution in [0.2, 0.25) is 5.02 Å². The number of aromatic amines is 2. The SMILES string of the molecule is CC(=O)NOc1ccc(Cl)c(C)c1-c1cc(-c2c[nH]c3ccccc23)n[nH]1. The number of nitrogens with zero attached hydrogens (tertiary/aromatic N) is 1. The van der Waals surface area contributed by atoms with Gasteiger partial charge in [0.1, 0.15) is 0 Å². The first-order valence-electron chi connectivity index (χ1n) is 8.39. The van der Waals surface area contributed by atoms with Crippen molar-refractivity contribution in [2.75, 3.05) is 0 Å². The van der Waals surface area contributed by atoms with E-state index in [2.05, 4.69) is 20.7 Å². The molecule has 0 spiro atoms. The molecule has 1 amide bonds. The third-order valence-corrected chi connectivity index (χ3v) is 4.79. The third kappa shape index (κ3) is 3.15. The van der Waals surface area contributed by atoms with E-state index in [0.29, 0.717) is 10.8 Å². The molecule has 0 atom stereocenters. The van der Waals surface area contributed by atoms with E-state index in [9.17, 15) is 4.79 Å². The van der Waals surface area contributed by atoms with Crippen molar-refractivity contribution < 1.29 is 9.63 Å². The summed E-state index contributed by atoms with van der Waals surface area (Å²) in [6.45, 7) is 3.28. The maximum Gasteiger partial charge on any atom is 0.249 e. The van der Waals surface area contributed by atoms with Crippen LogP contribution in [0.3, 0.4) is 0 Å². The van der Waals surface area contributed by atoms with E-state index in [0.717, 1.165) is 39.0 Å². The summed E-state index contributed by atoms with van der Waals surface area (Å²) in [6, 6.07) is 13.4. The predicted octanol–water partition coefficient (Wildman–Crippen LogP) is 4.62. The molecule has 4 rings (SSSR count). The summed E-state index contributed by atoms with van der Waals surface area (Å²) in [5.74, 6) is 0.193. The first-order valence-corrected chi connectivity index (χ1v) is 8.77. The van der Waals surface area contributed by atoms with Crippen LogP contribution < -0.4 is 10.3 Å². The Morgan fingerprint density at radius 1 is 1.22 bits per heavy atom. The molecule has 2 heterocycles. The summed E-state index contributed by atoms with van der Waals surface area (Å²) in [4.78, 5) is 19.9. The van der Waals surface area contributed by atoms with Gasteiger partial charge < -0.3 is 9.82 Å². The second-order valence-electron chi connectivity index (χ2n) is 6.22. The lowest BCUT2D eigenvalue weighted by Crippen LogP contribution is -2.24. The molecule has 2 aromatic carbocycles. The largest absolute Gasteiger partial charge is 0.379 e. The Balaban J connectivity index is 1.79. The summed E-state index contributed by atoms with van der Waals surface area (Å²) in [5, 5.41) is 9.21. The van der Waals surface area contributed by atoms with Crippen LogP contribution in [-0.4, -0.2) is 21.1 Å². The van der Waals surface area contributed by atoms with Gasteiger partial charge in [-0.2, -0.15) is 10.6 Å². The zero-order valence-electron chi connectivity index (χ0n) is 14.8. The Morgan fingerprint density at radius 3 is 2.85 bits per heavy atom. The highest BCUT2D eigenvalue weighted by Crippen LogP contribution is 2.38. The van der Waals surface area contributed by atoms with Gasteiger partial charge in [0.15, 0.2) is 5.75 Å². The lowest BCUT2D eigenvalue weighted by atomic mass is 10.0. The van der Waals surface area contributed by atoms with Crippen molar-refractivity contribution in [2.45, 2.75) is 13.8 Å². The maximum absolute atomic E-state index is 11.2. The van der Waals surface area contributed by atoms with E-state index in [1.807, 2.05) is 43.5 Å². The van der Waals surface area contributed by atoms with Crippen LogP contribution in [0.4, 0.5) is 0 Å². The standard InChI is InChI=1S/C20H17ClN4O2/c1-11-15(21)7-8-19(27-25-12(2)26)20(11)18-9-17(23-24-18)14-10-22-16-6-4-3-5-13(14)16/h3-10,22H,1-2H3,(H,23,24)(H,25,26). The molecule has 0 unspecified atom stereocenters. The number of fused-ring (bicyclic) bond motifs is 1. The number of amides is 1. The molecule has 0 radical (unpaired) electrons. The summed E-state index contributed by atoms with van der Waals surface area (Å²) in [7, 11) is 0. The monoisotopic (exact) mass is 380 g/mol. The van der Waals surface area contributed by atoms with Crippen LogP contribution in [0.1, 0.15) is 12.5 Å². The number of aromatic nitrogens is 3. The molecule has 7 heteroatoms. The minimum Gasteiger partial charge on any atom is -0.379 e. The lowest BCUT2D eigenvalue weighted by molar-refractivity contribution is -0.125. The molecule has 6 nitrogen and oxygen atoms in total. The number of nitrogens with one attached hydrogen (secondary N) is 3. The fourth-order valence-corrected chi connectivity index (χ4v) is 3.24. The van der Waals surface area contributed by atoms with Gasteiger partial charge >= 0.3 is 0 Å². The van der Waals surface area contributed by atoms with Crippen LogP contribution in [0, 0.1) is 6.92 Å². The molecule has 0 aliphatic heterocycles. The molecule has 3 N–H and O–H groups in total. The highest BCUT2D eigenvalue weighted by molar-refractivity contribution is 6.31. The Labute approximate surface area is 160 Å². The normalized spacial score (nSPS) is 10.9. The van der Waals surface area contributed by atoms with Crippen LogP contribution in [0.5, 0.6) is 5.75 Å². The van der Waals surface area contributed by atoms with Crippen LogP contribution in [0.15, 0.2) is 48.7 Å². The first kappa shape index (κ1) is 17.2. The number of halogens is 1. The van der Waals surface area contributed by atoms with Gasteiger partial charge in [0, 0.05) is 40.2 Å². The molecule has 2 aromatic heterocycles. The van der Waals surface area contributed by atoms with E-state index < -0.39 is 0 Å². The molecule has 0 saturated heterocycles. The average molecular weight is 381 g/mol. The second kappa shape index (κ2) is 6.81. The number of benzene rings is 2. The number of para-hydroxylation sites is 1. The van der Waals surface area contributed by atoms with Crippen molar-refractivity contribution in [1.29, 1.82) is 0 Å². The summed E-state index contributed by atoms with van der Waals surface area (Å²) < 4.78 is 0. The summed E-state index contributed by atoms with van der Waals surface area (Å²) in [5.41, 5.74) is 7.52. The molecule has 4 aromatic rings. The van der Waals surface area contributed by atoms with Crippen molar-refractivity contribution in [3.8, 4) is 28.3 Å². The molecule has 27 heavy (non-hydrogen) atoms. The van der Waals surface area contributed by atoms with Gasteiger partial charge in [0.25, 0.3) is 0 Å². The summed E-state index contributed by atoms with van der Waals surface area (Å²) in [6.07, 6.45) is 1.93. The van der Waals surface area contributed by atoms with E-state index in [-0.39, 0.29) is 5.91 Å². The topological polar surface area (TPSA) is 82.8 Å². The summed E-state index contributed by atoms with van der Waals surface area (Å²) >= 11 is 6.30. The Morgan fingerprint density at radius 2 is 2.04 bits per heavy atom. The van der Waals surface area contributed by atoms with E-state index >= 15 is 0 Å². The van der Waals surface area contributed by atoms with Crippen LogP contribution in [0.25, 0.3) is 33.4 Å². The number of H-pyrrole nitrogens is 2. The fourth-order valence-electron chi connectivity index (χ4n) is 3.08. The number of hydroxylamine groups is 1. The molecule has 0 bridgehead atoms. The zero-order chi connectivity index (χ0) is 19.0. The number of hydrogen-bond acceptors (Lipinski definition) is 3. The average Bonchev–Trinajstić information content (AvgIpc) is 3.29. The third-order valence-electron chi connectivity index (χ3n) is 4.38. The van der Waals surface area contributed by atoms with Gasteiger partial charge in [-0.05, 0) is 36.8 Å². The van der Waals surface area contributed by atoms with E-state index in [4.69, 9.17) is 16.4 Å². The lowest BCUT2D eigenvalue weighted by Gasteiger charge is -2.13. The van der Waals surface area contributed by atoms with Crippen molar-refractivity contribution in [2.24, 2.45) is 0 Å². The molecule has 0 aliphatic rings. The van der Waals surface area contributed by atoms with E-state index in [1.54, 1.807) is 12.1 Å². The van der Waals surface area contributed by atoms with Gasteiger partial charge in [-0.25, -0.2) is 0 Å². The second-order valence-corrected chi connectivity index (χ2v) is 6.63. The number of rotatable bonds is 4. The van der Waals surface area contributed by atoms with Gasteiger partial charge in [0.05, 0.1) is 11.4 Å². The Bertz CT molecular complexity index is 1150. The van der Waals surface area contributed by atoms with Gasteiger partial charge in [-0.15, -0.1) is 0 Å². The molecular weight excluding hydrogens is 364 g/mol. The Hall–Kier alpha value is -3.25. The van der Waals surface area contributed by atoms with Crippen LogP contribution >= 0.6 is 11.6 Å².